The maximum Gasteiger partial charge on any atom is 0.191 e. The van der Waals surface area contributed by atoms with E-state index in [1.54, 1.807) is 18.9 Å². The number of methoxy groups -OCH3 is 2. The van der Waals surface area contributed by atoms with E-state index >= 15 is 0 Å². The first-order valence-electron chi connectivity index (χ1n) is 10.8. The van der Waals surface area contributed by atoms with E-state index in [-0.39, 0.29) is 29.4 Å². The van der Waals surface area contributed by atoms with Gasteiger partial charge < -0.3 is 20.1 Å². The van der Waals surface area contributed by atoms with Crippen molar-refractivity contribution in [2.75, 3.05) is 27.3 Å². The van der Waals surface area contributed by atoms with Crippen LogP contribution in [0.3, 0.4) is 0 Å². The van der Waals surface area contributed by atoms with Crippen LogP contribution in [0.5, 0.6) is 11.5 Å². The monoisotopic (exact) mass is 541 g/mol. The molecule has 1 saturated carbocycles. The van der Waals surface area contributed by atoms with Crippen LogP contribution in [-0.4, -0.2) is 43.0 Å². The van der Waals surface area contributed by atoms with E-state index in [9.17, 15) is 0 Å². The zero-order valence-electron chi connectivity index (χ0n) is 19.1. The maximum absolute atomic E-state index is 5.58. The molecular formula is C23H36IN5O2. The molecule has 31 heavy (non-hydrogen) atoms. The molecule has 1 aliphatic rings. The second-order valence-corrected chi connectivity index (χ2v) is 7.98. The van der Waals surface area contributed by atoms with Gasteiger partial charge in [-0.05, 0) is 37.5 Å². The minimum atomic E-state index is 0. The van der Waals surface area contributed by atoms with Crippen molar-refractivity contribution in [2.24, 2.45) is 12.0 Å². The molecular weight excluding hydrogens is 505 g/mol. The lowest BCUT2D eigenvalue weighted by Gasteiger charge is -2.38. The Bertz CT molecular complexity index is 846. The van der Waals surface area contributed by atoms with Crippen molar-refractivity contribution in [1.29, 1.82) is 0 Å². The van der Waals surface area contributed by atoms with E-state index < -0.39 is 0 Å². The van der Waals surface area contributed by atoms with Gasteiger partial charge in [-0.1, -0.05) is 25.3 Å². The van der Waals surface area contributed by atoms with Gasteiger partial charge in [-0.15, -0.1) is 24.0 Å². The fraction of sp³-hybridized carbons (Fsp3) is 0.565. The van der Waals surface area contributed by atoms with Crippen molar-refractivity contribution in [3.8, 4) is 11.5 Å². The van der Waals surface area contributed by atoms with E-state index in [1.807, 2.05) is 25.5 Å². The van der Waals surface area contributed by atoms with Crippen LogP contribution >= 0.6 is 24.0 Å². The van der Waals surface area contributed by atoms with E-state index in [0.717, 1.165) is 49.0 Å². The lowest BCUT2D eigenvalue weighted by Crippen LogP contribution is -2.46. The highest BCUT2D eigenvalue weighted by Gasteiger charge is 2.34. The minimum absolute atomic E-state index is 0. The summed E-state index contributed by atoms with van der Waals surface area (Å²) in [6, 6.07) is 6.35. The van der Waals surface area contributed by atoms with Crippen molar-refractivity contribution >= 4 is 29.9 Å². The SMILES string of the molecule is CCNC(=NCc1cnn(C)c1)NCC1(c2ccc(OC)c(OC)c2)CCCCC1.I. The maximum atomic E-state index is 5.58. The third kappa shape index (κ3) is 6.51. The highest BCUT2D eigenvalue weighted by Crippen LogP contribution is 2.42. The number of aromatic nitrogens is 2. The van der Waals surface area contributed by atoms with Crippen molar-refractivity contribution in [1.82, 2.24) is 20.4 Å². The molecule has 0 unspecified atom stereocenters. The summed E-state index contributed by atoms with van der Waals surface area (Å²) in [5.41, 5.74) is 2.46. The van der Waals surface area contributed by atoms with Crippen LogP contribution in [-0.2, 0) is 19.0 Å². The second kappa shape index (κ2) is 12.2. The molecule has 3 rings (SSSR count). The van der Waals surface area contributed by atoms with Gasteiger partial charge in [0.2, 0.25) is 0 Å². The number of hydrogen-bond donors (Lipinski definition) is 2. The topological polar surface area (TPSA) is 72.7 Å². The summed E-state index contributed by atoms with van der Waals surface area (Å²) in [5, 5.41) is 11.2. The second-order valence-electron chi connectivity index (χ2n) is 7.98. The van der Waals surface area contributed by atoms with E-state index in [0.29, 0.717) is 6.54 Å². The molecule has 1 aliphatic carbocycles. The Balaban J connectivity index is 0.00000341. The van der Waals surface area contributed by atoms with E-state index in [4.69, 9.17) is 14.5 Å². The number of aliphatic imine (C=N–C) groups is 1. The van der Waals surface area contributed by atoms with E-state index in [1.165, 1.54) is 24.8 Å². The number of aryl methyl sites for hydroxylation is 1. The van der Waals surface area contributed by atoms with Gasteiger partial charge in [0.15, 0.2) is 17.5 Å². The molecule has 2 N–H and O–H groups in total. The molecule has 1 aromatic heterocycles. The highest BCUT2D eigenvalue weighted by molar-refractivity contribution is 14.0. The van der Waals surface area contributed by atoms with Crippen molar-refractivity contribution in [3.05, 3.63) is 41.7 Å². The van der Waals surface area contributed by atoms with Gasteiger partial charge in [0.1, 0.15) is 0 Å². The predicted octanol–water partition coefficient (Wildman–Crippen LogP) is 4.01. The molecule has 0 amide bonds. The summed E-state index contributed by atoms with van der Waals surface area (Å²) in [4.78, 5) is 4.76. The summed E-state index contributed by atoms with van der Waals surface area (Å²) in [7, 11) is 5.30. The standard InChI is InChI=1S/C23H35N5O2.HI/c1-5-24-22(25-14-18-15-27-28(2)16-18)26-17-23(11-7-6-8-12-23)19-9-10-20(29-3)21(13-19)30-4;/h9-10,13,15-16H,5-8,11-12,14,17H2,1-4H3,(H2,24,25,26);1H. The predicted molar refractivity (Wildman–Crippen MR) is 136 cm³/mol. The molecule has 0 aliphatic heterocycles. The summed E-state index contributed by atoms with van der Waals surface area (Å²) in [6.45, 7) is 4.35. The minimum Gasteiger partial charge on any atom is -0.493 e. The summed E-state index contributed by atoms with van der Waals surface area (Å²) in [6.07, 6.45) is 9.93. The molecule has 0 bridgehead atoms. The van der Waals surface area contributed by atoms with Gasteiger partial charge in [0.25, 0.3) is 0 Å². The fourth-order valence-electron chi connectivity index (χ4n) is 4.28. The Morgan fingerprint density at radius 3 is 2.48 bits per heavy atom. The van der Waals surface area contributed by atoms with Gasteiger partial charge in [0.05, 0.1) is 27.0 Å². The van der Waals surface area contributed by atoms with Crippen molar-refractivity contribution in [3.63, 3.8) is 0 Å². The molecule has 0 atom stereocenters. The Morgan fingerprint density at radius 2 is 1.87 bits per heavy atom. The van der Waals surface area contributed by atoms with Crippen LogP contribution in [0.2, 0.25) is 0 Å². The number of hydrogen-bond acceptors (Lipinski definition) is 4. The van der Waals surface area contributed by atoms with Crippen LogP contribution in [0.15, 0.2) is 35.6 Å². The molecule has 8 heteroatoms. The highest BCUT2D eigenvalue weighted by atomic mass is 127. The number of rotatable bonds is 8. The number of ether oxygens (including phenoxy) is 2. The van der Waals surface area contributed by atoms with Gasteiger partial charge in [0, 0.05) is 37.3 Å². The van der Waals surface area contributed by atoms with Crippen LogP contribution in [0.25, 0.3) is 0 Å². The number of benzene rings is 1. The molecule has 0 saturated heterocycles. The smallest absolute Gasteiger partial charge is 0.191 e. The summed E-state index contributed by atoms with van der Waals surface area (Å²) >= 11 is 0. The molecule has 0 radical (unpaired) electrons. The summed E-state index contributed by atoms with van der Waals surface area (Å²) in [5.74, 6) is 2.40. The average molecular weight is 541 g/mol. The first-order chi connectivity index (χ1) is 14.6. The molecule has 7 nitrogen and oxygen atoms in total. The molecule has 0 spiro atoms. The average Bonchev–Trinajstić information content (AvgIpc) is 3.20. The zero-order chi connectivity index (χ0) is 21.4. The molecule has 1 aromatic carbocycles. The lowest BCUT2D eigenvalue weighted by atomic mass is 9.69. The number of nitrogens with one attached hydrogen (secondary N) is 2. The van der Waals surface area contributed by atoms with Gasteiger partial charge >= 0.3 is 0 Å². The third-order valence-electron chi connectivity index (χ3n) is 5.92. The van der Waals surface area contributed by atoms with Crippen LogP contribution < -0.4 is 20.1 Å². The van der Waals surface area contributed by atoms with Gasteiger partial charge in [-0.25, -0.2) is 4.99 Å². The molecule has 1 fully saturated rings. The summed E-state index contributed by atoms with van der Waals surface area (Å²) < 4.78 is 12.8. The van der Waals surface area contributed by atoms with Crippen molar-refractivity contribution in [2.45, 2.75) is 51.0 Å². The van der Waals surface area contributed by atoms with E-state index in [2.05, 4.69) is 34.8 Å². The van der Waals surface area contributed by atoms with Gasteiger partial charge in [-0.3, -0.25) is 4.68 Å². The fourth-order valence-corrected chi connectivity index (χ4v) is 4.28. The molecule has 2 aromatic rings. The first-order valence-corrected chi connectivity index (χ1v) is 10.8. The number of halogens is 1. The quantitative estimate of drug-likeness (QED) is 0.300. The Hall–Kier alpha value is -1.97. The number of guanidine groups is 1. The Morgan fingerprint density at radius 1 is 1.13 bits per heavy atom. The van der Waals surface area contributed by atoms with Gasteiger partial charge in [-0.2, -0.15) is 5.10 Å². The Labute approximate surface area is 203 Å². The normalized spacial score (nSPS) is 15.7. The van der Waals surface area contributed by atoms with Crippen molar-refractivity contribution < 1.29 is 9.47 Å². The van der Waals surface area contributed by atoms with Crippen LogP contribution in [0.4, 0.5) is 0 Å². The first kappa shape index (κ1) is 25.3. The molecule has 172 valence electrons. The zero-order valence-corrected chi connectivity index (χ0v) is 21.4. The largest absolute Gasteiger partial charge is 0.493 e. The Kier molecular flexibility index (Phi) is 9.93. The van der Waals surface area contributed by atoms with Crippen LogP contribution in [0, 0.1) is 0 Å². The van der Waals surface area contributed by atoms with Crippen LogP contribution in [0.1, 0.15) is 50.2 Å². The third-order valence-corrected chi connectivity index (χ3v) is 5.92. The molecule has 1 heterocycles. The number of nitrogens with zero attached hydrogens (tertiary/aromatic N) is 3. The lowest BCUT2D eigenvalue weighted by molar-refractivity contribution is 0.288.